The first kappa shape index (κ1) is 16.2. The van der Waals surface area contributed by atoms with Gasteiger partial charge in [-0.05, 0) is 25.0 Å². The van der Waals surface area contributed by atoms with Crippen LogP contribution in [-0.4, -0.2) is 33.5 Å². The van der Waals surface area contributed by atoms with E-state index in [1.165, 1.54) is 6.42 Å². The number of hydrogen-bond acceptors (Lipinski definition) is 4. The third-order valence-electron chi connectivity index (χ3n) is 5.09. The van der Waals surface area contributed by atoms with Crippen molar-refractivity contribution < 1.29 is 18.1 Å². The molecule has 1 amide bonds. The Balaban J connectivity index is 1.51. The lowest BCUT2D eigenvalue weighted by Gasteiger charge is -2.31. The van der Waals surface area contributed by atoms with Crippen molar-refractivity contribution in [3.63, 3.8) is 0 Å². The second-order valence-electron chi connectivity index (χ2n) is 6.85. The van der Waals surface area contributed by atoms with Crippen LogP contribution < -0.4 is 0 Å². The summed E-state index contributed by atoms with van der Waals surface area (Å²) >= 11 is 0. The molecule has 0 bridgehead atoms. The fourth-order valence-electron chi connectivity index (χ4n) is 3.85. The molecule has 1 saturated heterocycles. The zero-order valence-electron chi connectivity index (χ0n) is 13.8. The molecule has 1 saturated carbocycles. The second kappa shape index (κ2) is 6.54. The largest absolute Gasteiger partial charge is 0.339 e. The van der Waals surface area contributed by atoms with E-state index in [9.17, 15) is 13.6 Å². The van der Waals surface area contributed by atoms with Gasteiger partial charge in [0.1, 0.15) is 11.6 Å². The van der Waals surface area contributed by atoms with Gasteiger partial charge in [0.15, 0.2) is 5.82 Å². The quantitative estimate of drug-likeness (QED) is 0.850. The van der Waals surface area contributed by atoms with Gasteiger partial charge in [-0.1, -0.05) is 24.4 Å². The molecule has 0 unspecified atom stereocenters. The molecule has 7 heteroatoms. The predicted molar refractivity (Wildman–Crippen MR) is 85.6 cm³/mol. The molecule has 2 fully saturated rings. The van der Waals surface area contributed by atoms with Gasteiger partial charge in [-0.15, -0.1) is 0 Å². The highest BCUT2D eigenvalue weighted by Gasteiger charge is 2.37. The molecule has 2 aliphatic rings. The molecular weight excluding hydrogens is 328 g/mol. The Labute approximate surface area is 144 Å². The van der Waals surface area contributed by atoms with E-state index in [4.69, 9.17) is 4.52 Å². The molecule has 1 atom stereocenters. The topological polar surface area (TPSA) is 59.2 Å². The average molecular weight is 347 g/mol. The minimum absolute atomic E-state index is 0.0666. The van der Waals surface area contributed by atoms with Crippen molar-refractivity contribution in [1.82, 2.24) is 15.0 Å². The molecule has 132 valence electrons. The van der Waals surface area contributed by atoms with Gasteiger partial charge in [0.2, 0.25) is 5.91 Å². The van der Waals surface area contributed by atoms with E-state index in [1.807, 2.05) is 4.90 Å². The van der Waals surface area contributed by atoms with Crippen LogP contribution in [-0.2, 0) is 4.79 Å². The van der Waals surface area contributed by atoms with Gasteiger partial charge >= 0.3 is 0 Å². The zero-order valence-corrected chi connectivity index (χ0v) is 13.8. The van der Waals surface area contributed by atoms with E-state index in [0.717, 1.165) is 43.9 Å². The van der Waals surface area contributed by atoms with Gasteiger partial charge in [0.25, 0.3) is 5.89 Å². The molecule has 2 heterocycles. The van der Waals surface area contributed by atoms with Crippen LogP contribution in [0.2, 0.25) is 0 Å². The maximum absolute atomic E-state index is 13.3. The Morgan fingerprint density at radius 3 is 2.52 bits per heavy atom. The highest BCUT2D eigenvalue weighted by Crippen LogP contribution is 2.33. The summed E-state index contributed by atoms with van der Waals surface area (Å²) in [7, 11) is 0. The monoisotopic (exact) mass is 347 g/mol. The van der Waals surface area contributed by atoms with Crippen molar-refractivity contribution in [2.45, 2.75) is 50.5 Å². The first-order valence-electron chi connectivity index (χ1n) is 8.69. The van der Waals surface area contributed by atoms with E-state index < -0.39 is 11.6 Å². The number of rotatable bonds is 3. The summed E-state index contributed by atoms with van der Waals surface area (Å²) in [6.07, 6.45) is 6.03. The Morgan fingerprint density at radius 1 is 1.08 bits per heavy atom. The molecule has 1 aromatic heterocycles. The Morgan fingerprint density at radius 2 is 1.80 bits per heavy atom. The molecule has 5 nitrogen and oxygen atoms in total. The molecule has 4 rings (SSSR count). The van der Waals surface area contributed by atoms with E-state index >= 15 is 0 Å². The van der Waals surface area contributed by atoms with E-state index in [-0.39, 0.29) is 23.3 Å². The number of benzene rings is 1. The number of hydrogen-bond donors (Lipinski definition) is 0. The van der Waals surface area contributed by atoms with Crippen LogP contribution in [0.25, 0.3) is 11.5 Å². The number of carbonyl (C=O) groups is 1. The van der Waals surface area contributed by atoms with Crippen LogP contribution >= 0.6 is 0 Å². The number of nitrogens with zero attached hydrogens (tertiary/aromatic N) is 3. The van der Waals surface area contributed by atoms with Gasteiger partial charge in [-0.25, -0.2) is 8.78 Å². The predicted octanol–water partition coefficient (Wildman–Crippen LogP) is 3.66. The molecule has 0 spiro atoms. The summed E-state index contributed by atoms with van der Waals surface area (Å²) in [5, 5.41) is 3.94. The third kappa shape index (κ3) is 3.27. The van der Waals surface area contributed by atoms with Crippen molar-refractivity contribution >= 4 is 5.91 Å². The Bertz CT molecular complexity index is 766. The lowest BCUT2D eigenvalue weighted by atomic mass is 9.94. The standard InChI is InChI=1S/C18H19F2N3O2/c19-13-6-11(7-14(20)9-13)18-21-17(22-25-18)12-8-16(24)23(10-12)15-4-2-1-3-5-15/h6-7,9,12,15H,1-5,8,10H2/t12-/m0/s1. The minimum atomic E-state index is -0.700. The molecule has 1 aliphatic heterocycles. The highest BCUT2D eigenvalue weighted by molar-refractivity contribution is 5.80. The first-order valence-corrected chi connectivity index (χ1v) is 8.69. The van der Waals surface area contributed by atoms with Crippen LogP contribution in [0.5, 0.6) is 0 Å². The van der Waals surface area contributed by atoms with Gasteiger partial charge in [-0.3, -0.25) is 4.79 Å². The van der Waals surface area contributed by atoms with Crippen molar-refractivity contribution in [3.05, 3.63) is 35.7 Å². The van der Waals surface area contributed by atoms with Gasteiger partial charge in [-0.2, -0.15) is 4.98 Å². The van der Waals surface area contributed by atoms with Crippen LogP contribution in [0.4, 0.5) is 8.78 Å². The average Bonchev–Trinajstić information content (AvgIpc) is 3.21. The van der Waals surface area contributed by atoms with E-state index in [2.05, 4.69) is 10.1 Å². The summed E-state index contributed by atoms with van der Waals surface area (Å²) < 4.78 is 31.9. The van der Waals surface area contributed by atoms with Gasteiger partial charge in [0, 0.05) is 36.6 Å². The number of carbonyl (C=O) groups excluding carboxylic acids is 1. The SMILES string of the molecule is O=C1C[C@H](c2noc(-c3cc(F)cc(F)c3)n2)CN1C1CCCCC1. The molecule has 2 aromatic rings. The lowest BCUT2D eigenvalue weighted by Crippen LogP contribution is -2.37. The lowest BCUT2D eigenvalue weighted by molar-refractivity contribution is -0.130. The minimum Gasteiger partial charge on any atom is -0.339 e. The maximum Gasteiger partial charge on any atom is 0.258 e. The van der Waals surface area contributed by atoms with Crippen molar-refractivity contribution in [1.29, 1.82) is 0 Å². The summed E-state index contributed by atoms with van der Waals surface area (Å²) in [6.45, 7) is 0.583. The Hall–Kier alpha value is -2.31. The van der Waals surface area contributed by atoms with E-state index in [0.29, 0.717) is 24.8 Å². The smallest absolute Gasteiger partial charge is 0.258 e. The molecule has 0 radical (unpaired) electrons. The summed E-state index contributed by atoms with van der Waals surface area (Å²) in [4.78, 5) is 18.6. The van der Waals surface area contributed by atoms with Crippen molar-refractivity contribution in [2.75, 3.05) is 6.54 Å². The zero-order chi connectivity index (χ0) is 17.4. The van der Waals surface area contributed by atoms with Gasteiger partial charge in [0.05, 0.1) is 0 Å². The fraction of sp³-hybridized carbons (Fsp3) is 0.500. The Kier molecular flexibility index (Phi) is 4.23. The van der Waals surface area contributed by atoms with Crippen LogP contribution in [0, 0.1) is 11.6 Å². The fourth-order valence-corrected chi connectivity index (χ4v) is 3.85. The number of aromatic nitrogens is 2. The van der Waals surface area contributed by atoms with Crippen molar-refractivity contribution in [3.8, 4) is 11.5 Å². The highest BCUT2D eigenvalue weighted by atomic mass is 19.1. The number of likely N-dealkylation sites (tertiary alicyclic amines) is 1. The second-order valence-corrected chi connectivity index (χ2v) is 6.85. The molecular formula is C18H19F2N3O2. The molecule has 0 N–H and O–H groups in total. The van der Waals surface area contributed by atoms with Crippen LogP contribution in [0.1, 0.15) is 50.3 Å². The van der Waals surface area contributed by atoms with Crippen LogP contribution in [0.15, 0.2) is 22.7 Å². The third-order valence-corrected chi connectivity index (χ3v) is 5.09. The summed E-state index contributed by atoms with van der Waals surface area (Å²) in [5.74, 6) is -0.919. The van der Waals surface area contributed by atoms with Gasteiger partial charge < -0.3 is 9.42 Å². The maximum atomic E-state index is 13.3. The first-order chi connectivity index (χ1) is 12.1. The molecule has 1 aliphatic carbocycles. The normalized spacial score (nSPS) is 21.9. The molecule has 25 heavy (non-hydrogen) atoms. The number of amides is 1. The van der Waals surface area contributed by atoms with Crippen LogP contribution in [0.3, 0.4) is 0 Å². The summed E-state index contributed by atoms with van der Waals surface area (Å²) in [5.41, 5.74) is 0.199. The number of halogens is 2. The van der Waals surface area contributed by atoms with Crippen molar-refractivity contribution in [2.24, 2.45) is 0 Å². The summed E-state index contributed by atoms with van der Waals surface area (Å²) in [6, 6.07) is 3.40. The molecule has 1 aromatic carbocycles. The van der Waals surface area contributed by atoms with E-state index in [1.54, 1.807) is 0 Å².